The lowest BCUT2D eigenvalue weighted by Gasteiger charge is -2.05. The highest BCUT2D eigenvalue weighted by Gasteiger charge is 2.01. The van der Waals surface area contributed by atoms with Gasteiger partial charge in [-0.25, -0.2) is 0 Å². The molecule has 17 heavy (non-hydrogen) atoms. The molecule has 0 N–H and O–H groups in total. The van der Waals surface area contributed by atoms with E-state index in [2.05, 4.69) is 28.3 Å². The van der Waals surface area contributed by atoms with Gasteiger partial charge in [0.25, 0.3) is 0 Å². The topological polar surface area (TPSA) is 30.7 Å². The van der Waals surface area contributed by atoms with Crippen LogP contribution >= 0.6 is 0 Å². The zero-order chi connectivity index (χ0) is 11.7. The van der Waals surface area contributed by atoms with Crippen molar-refractivity contribution in [3.8, 4) is 0 Å². The molecule has 3 heteroatoms. The second-order valence-electron chi connectivity index (χ2n) is 4.13. The summed E-state index contributed by atoms with van der Waals surface area (Å²) < 4.78 is 1.96. The number of pyridine rings is 1. The molecule has 0 saturated heterocycles. The summed E-state index contributed by atoms with van der Waals surface area (Å²) in [5.41, 5.74) is 3.23. The van der Waals surface area contributed by atoms with Crippen LogP contribution in [0.3, 0.4) is 0 Å². The predicted octanol–water partition coefficient (Wildman–Crippen LogP) is 2.79. The Balaban J connectivity index is 1.99. The quantitative estimate of drug-likeness (QED) is 0.668. The van der Waals surface area contributed by atoms with Crippen molar-refractivity contribution < 1.29 is 0 Å². The molecule has 0 atom stereocenters. The van der Waals surface area contributed by atoms with Crippen LogP contribution in [-0.2, 0) is 6.54 Å². The average Bonchev–Trinajstić information content (AvgIpc) is 2.75. The van der Waals surface area contributed by atoms with Gasteiger partial charge >= 0.3 is 0 Å². The predicted molar refractivity (Wildman–Crippen MR) is 67.8 cm³/mol. The van der Waals surface area contributed by atoms with Crippen molar-refractivity contribution in [2.24, 2.45) is 0 Å². The van der Waals surface area contributed by atoms with E-state index in [4.69, 9.17) is 0 Å². The van der Waals surface area contributed by atoms with Crippen molar-refractivity contribution in [1.82, 2.24) is 14.8 Å². The summed E-state index contributed by atoms with van der Waals surface area (Å²) in [6.07, 6.45) is 1.82. The molecule has 0 fully saturated rings. The highest BCUT2D eigenvalue weighted by molar-refractivity contribution is 5.78. The SMILES string of the molecule is Cc1ccnn1Cc1ccc2ccccc2n1. The molecule has 3 rings (SSSR count). The molecule has 2 aromatic heterocycles. The summed E-state index contributed by atoms with van der Waals surface area (Å²) in [7, 11) is 0. The van der Waals surface area contributed by atoms with E-state index in [0.29, 0.717) is 0 Å². The van der Waals surface area contributed by atoms with Gasteiger partial charge in [0.15, 0.2) is 0 Å². The third-order valence-electron chi connectivity index (χ3n) is 2.90. The van der Waals surface area contributed by atoms with Crippen LogP contribution in [0.2, 0.25) is 0 Å². The van der Waals surface area contributed by atoms with Gasteiger partial charge < -0.3 is 0 Å². The number of para-hydroxylation sites is 1. The second-order valence-corrected chi connectivity index (χ2v) is 4.13. The fraction of sp³-hybridized carbons (Fsp3) is 0.143. The molecule has 0 spiro atoms. The maximum absolute atomic E-state index is 4.63. The first-order valence-electron chi connectivity index (χ1n) is 5.66. The third kappa shape index (κ3) is 1.91. The lowest BCUT2D eigenvalue weighted by Crippen LogP contribution is -2.05. The van der Waals surface area contributed by atoms with Gasteiger partial charge in [-0.2, -0.15) is 5.10 Å². The first-order chi connectivity index (χ1) is 8.33. The summed E-state index contributed by atoms with van der Waals surface area (Å²) in [5.74, 6) is 0. The van der Waals surface area contributed by atoms with Crippen LogP contribution in [0, 0.1) is 6.92 Å². The molecular weight excluding hydrogens is 210 g/mol. The third-order valence-corrected chi connectivity index (χ3v) is 2.90. The van der Waals surface area contributed by atoms with Crippen molar-refractivity contribution >= 4 is 10.9 Å². The first-order valence-corrected chi connectivity index (χ1v) is 5.66. The maximum Gasteiger partial charge on any atom is 0.0834 e. The number of aromatic nitrogens is 3. The van der Waals surface area contributed by atoms with E-state index in [1.165, 1.54) is 5.39 Å². The molecule has 0 bridgehead atoms. The van der Waals surface area contributed by atoms with Gasteiger partial charge in [-0.3, -0.25) is 9.67 Å². The van der Waals surface area contributed by atoms with Crippen molar-refractivity contribution in [2.45, 2.75) is 13.5 Å². The number of aryl methyl sites for hydroxylation is 1. The summed E-state index contributed by atoms with van der Waals surface area (Å²) in [5, 5.41) is 5.44. The fourth-order valence-electron chi connectivity index (χ4n) is 1.91. The molecule has 0 aliphatic heterocycles. The average molecular weight is 223 g/mol. The van der Waals surface area contributed by atoms with Gasteiger partial charge in [-0.15, -0.1) is 0 Å². The molecule has 1 aromatic carbocycles. The monoisotopic (exact) mass is 223 g/mol. The normalized spacial score (nSPS) is 10.9. The Bertz CT molecular complexity index is 655. The van der Waals surface area contributed by atoms with Crippen molar-refractivity contribution in [2.75, 3.05) is 0 Å². The lowest BCUT2D eigenvalue weighted by atomic mass is 10.2. The molecular formula is C14H13N3. The van der Waals surface area contributed by atoms with Crippen molar-refractivity contribution in [3.05, 3.63) is 60.0 Å². The van der Waals surface area contributed by atoms with Crippen molar-refractivity contribution in [1.29, 1.82) is 0 Å². The van der Waals surface area contributed by atoms with Gasteiger partial charge in [0.2, 0.25) is 0 Å². The number of rotatable bonds is 2. The van der Waals surface area contributed by atoms with E-state index in [1.807, 2.05) is 42.1 Å². The van der Waals surface area contributed by atoms with Gasteiger partial charge in [0.05, 0.1) is 17.8 Å². The Hall–Kier alpha value is -2.16. The molecule has 3 aromatic rings. The summed E-state index contributed by atoms with van der Waals surface area (Å²) in [6.45, 7) is 2.78. The van der Waals surface area contributed by atoms with E-state index in [1.54, 1.807) is 0 Å². The molecule has 0 unspecified atom stereocenters. The van der Waals surface area contributed by atoms with E-state index in [-0.39, 0.29) is 0 Å². The Morgan fingerprint density at radius 1 is 1.06 bits per heavy atom. The first kappa shape index (κ1) is 10.0. The van der Waals surface area contributed by atoms with Crippen LogP contribution in [0.1, 0.15) is 11.4 Å². The zero-order valence-electron chi connectivity index (χ0n) is 9.67. The highest BCUT2D eigenvalue weighted by atomic mass is 15.3. The number of fused-ring (bicyclic) bond motifs is 1. The maximum atomic E-state index is 4.63. The van der Waals surface area contributed by atoms with E-state index in [9.17, 15) is 0 Å². The molecule has 0 saturated carbocycles. The standard InChI is InChI=1S/C14H13N3/c1-11-8-9-15-17(11)10-13-7-6-12-4-2-3-5-14(12)16-13/h2-9H,10H2,1H3. The molecule has 0 aliphatic carbocycles. The summed E-state index contributed by atoms with van der Waals surface area (Å²) in [4.78, 5) is 4.63. The van der Waals surface area contributed by atoms with Crippen LogP contribution in [-0.4, -0.2) is 14.8 Å². The van der Waals surface area contributed by atoms with Crippen LogP contribution in [0.15, 0.2) is 48.7 Å². The van der Waals surface area contributed by atoms with Crippen molar-refractivity contribution in [3.63, 3.8) is 0 Å². The number of hydrogen-bond donors (Lipinski definition) is 0. The molecule has 0 amide bonds. The minimum atomic E-state index is 0.726. The van der Waals surface area contributed by atoms with Crippen LogP contribution in [0.25, 0.3) is 10.9 Å². The van der Waals surface area contributed by atoms with Crippen LogP contribution in [0.4, 0.5) is 0 Å². The summed E-state index contributed by atoms with van der Waals surface area (Å²) in [6, 6.07) is 14.3. The van der Waals surface area contributed by atoms with Gasteiger partial charge in [-0.1, -0.05) is 24.3 Å². The summed E-state index contributed by atoms with van der Waals surface area (Å²) >= 11 is 0. The smallest absolute Gasteiger partial charge is 0.0834 e. The van der Waals surface area contributed by atoms with Crippen LogP contribution in [0.5, 0.6) is 0 Å². The minimum Gasteiger partial charge on any atom is -0.264 e. The molecule has 84 valence electrons. The lowest BCUT2D eigenvalue weighted by molar-refractivity contribution is 0.654. The Labute approximate surface area is 99.7 Å². The van der Waals surface area contributed by atoms with E-state index >= 15 is 0 Å². The Morgan fingerprint density at radius 2 is 1.94 bits per heavy atom. The largest absolute Gasteiger partial charge is 0.264 e. The highest BCUT2D eigenvalue weighted by Crippen LogP contribution is 2.12. The Morgan fingerprint density at radius 3 is 2.76 bits per heavy atom. The van der Waals surface area contributed by atoms with Crippen LogP contribution < -0.4 is 0 Å². The fourth-order valence-corrected chi connectivity index (χ4v) is 1.91. The zero-order valence-corrected chi connectivity index (χ0v) is 9.67. The Kier molecular flexibility index (Phi) is 2.37. The minimum absolute atomic E-state index is 0.726. The van der Waals surface area contributed by atoms with Gasteiger partial charge in [0.1, 0.15) is 0 Å². The number of nitrogens with zero attached hydrogens (tertiary/aromatic N) is 3. The molecule has 3 nitrogen and oxygen atoms in total. The van der Waals surface area contributed by atoms with Gasteiger partial charge in [0, 0.05) is 17.3 Å². The van der Waals surface area contributed by atoms with E-state index in [0.717, 1.165) is 23.4 Å². The number of benzene rings is 1. The number of hydrogen-bond acceptors (Lipinski definition) is 2. The molecule has 2 heterocycles. The molecule has 0 radical (unpaired) electrons. The molecule has 0 aliphatic rings. The van der Waals surface area contributed by atoms with Gasteiger partial charge in [-0.05, 0) is 25.1 Å². The second kappa shape index (κ2) is 4.01. The van der Waals surface area contributed by atoms with E-state index < -0.39 is 0 Å².